The Morgan fingerprint density at radius 1 is 0.792 bits per heavy atom. The van der Waals surface area contributed by atoms with Crippen molar-refractivity contribution in [2.75, 3.05) is 7.11 Å². The van der Waals surface area contributed by atoms with E-state index in [1.54, 1.807) is 0 Å². The van der Waals surface area contributed by atoms with Crippen LogP contribution in [0.25, 0.3) is 21.8 Å². The van der Waals surface area contributed by atoms with Crippen molar-refractivity contribution in [2.45, 2.75) is 6.04 Å². The van der Waals surface area contributed by atoms with E-state index in [2.05, 4.69) is 16.7 Å². The summed E-state index contributed by atoms with van der Waals surface area (Å²) in [6.45, 7) is 0. The van der Waals surface area contributed by atoms with E-state index >= 15 is 0 Å². The SMILES string of the molecule is COC(=O)C(c1ccccc1)n1c2ccccc2c2ccccc21. The molecule has 1 aromatic heterocycles. The van der Waals surface area contributed by atoms with Gasteiger partial charge in [0, 0.05) is 10.8 Å². The summed E-state index contributed by atoms with van der Waals surface area (Å²) in [5.74, 6) is -0.271. The van der Waals surface area contributed by atoms with Gasteiger partial charge in [0.15, 0.2) is 6.04 Å². The van der Waals surface area contributed by atoms with Crippen LogP contribution in [-0.2, 0) is 9.53 Å². The summed E-state index contributed by atoms with van der Waals surface area (Å²) in [5, 5.41) is 2.27. The second kappa shape index (κ2) is 5.85. The second-order valence-corrected chi connectivity index (χ2v) is 5.74. The molecule has 0 aliphatic rings. The predicted octanol–water partition coefficient (Wildman–Crippen LogP) is 4.56. The first-order valence-corrected chi connectivity index (χ1v) is 7.91. The van der Waals surface area contributed by atoms with Crippen molar-refractivity contribution in [3.8, 4) is 0 Å². The Hall–Kier alpha value is -3.07. The first kappa shape index (κ1) is 14.5. The Kier molecular flexibility index (Phi) is 3.54. The molecule has 1 unspecified atom stereocenters. The van der Waals surface area contributed by atoms with Crippen LogP contribution in [0.2, 0.25) is 0 Å². The lowest BCUT2D eigenvalue weighted by Crippen LogP contribution is -2.22. The van der Waals surface area contributed by atoms with Crippen molar-refractivity contribution in [2.24, 2.45) is 0 Å². The smallest absolute Gasteiger partial charge is 0.333 e. The molecule has 0 spiro atoms. The topological polar surface area (TPSA) is 31.2 Å². The van der Waals surface area contributed by atoms with Crippen LogP contribution in [0.5, 0.6) is 0 Å². The zero-order valence-corrected chi connectivity index (χ0v) is 13.3. The number of nitrogens with zero attached hydrogens (tertiary/aromatic N) is 1. The largest absolute Gasteiger partial charge is 0.467 e. The summed E-state index contributed by atoms with van der Waals surface area (Å²) >= 11 is 0. The number of hydrogen-bond acceptors (Lipinski definition) is 2. The Labute approximate surface area is 140 Å². The summed E-state index contributed by atoms with van der Waals surface area (Å²) in [6.07, 6.45) is 0. The van der Waals surface area contributed by atoms with Gasteiger partial charge in [-0.2, -0.15) is 0 Å². The fourth-order valence-electron chi connectivity index (χ4n) is 3.37. The van der Waals surface area contributed by atoms with Gasteiger partial charge in [-0.3, -0.25) is 0 Å². The number of carbonyl (C=O) groups excluding carboxylic acids is 1. The molecule has 3 aromatic carbocycles. The third-order valence-electron chi connectivity index (χ3n) is 4.42. The maximum absolute atomic E-state index is 12.7. The van der Waals surface area contributed by atoms with E-state index in [0.29, 0.717) is 0 Å². The summed E-state index contributed by atoms with van der Waals surface area (Å²) in [6, 6.07) is 25.6. The van der Waals surface area contributed by atoms with Gasteiger partial charge in [-0.1, -0.05) is 66.7 Å². The molecule has 118 valence electrons. The van der Waals surface area contributed by atoms with E-state index in [1.165, 1.54) is 7.11 Å². The number of fused-ring (bicyclic) bond motifs is 3. The quantitative estimate of drug-likeness (QED) is 0.519. The molecular formula is C21H17NO2. The van der Waals surface area contributed by atoms with E-state index in [9.17, 15) is 4.79 Å². The van der Waals surface area contributed by atoms with Crippen molar-refractivity contribution in [1.29, 1.82) is 0 Å². The van der Waals surface area contributed by atoms with Gasteiger partial charge in [-0.05, 0) is 17.7 Å². The molecule has 3 heteroatoms. The number of rotatable bonds is 3. The predicted molar refractivity (Wildman–Crippen MR) is 96.0 cm³/mol. The van der Waals surface area contributed by atoms with Gasteiger partial charge < -0.3 is 9.30 Å². The van der Waals surface area contributed by atoms with E-state index in [4.69, 9.17) is 4.74 Å². The highest BCUT2D eigenvalue weighted by Gasteiger charge is 2.26. The lowest BCUT2D eigenvalue weighted by atomic mass is 10.1. The van der Waals surface area contributed by atoms with Crippen molar-refractivity contribution in [3.63, 3.8) is 0 Å². The van der Waals surface area contributed by atoms with Crippen LogP contribution in [0.1, 0.15) is 11.6 Å². The zero-order chi connectivity index (χ0) is 16.5. The molecule has 0 amide bonds. The molecule has 0 bridgehead atoms. The number of benzene rings is 3. The lowest BCUT2D eigenvalue weighted by Gasteiger charge is -2.19. The van der Waals surface area contributed by atoms with E-state index < -0.39 is 6.04 Å². The van der Waals surface area contributed by atoms with E-state index in [-0.39, 0.29) is 5.97 Å². The van der Waals surface area contributed by atoms with Crippen LogP contribution >= 0.6 is 0 Å². The van der Waals surface area contributed by atoms with Crippen LogP contribution in [0.15, 0.2) is 78.9 Å². The fraction of sp³-hybridized carbons (Fsp3) is 0.0952. The lowest BCUT2D eigenvalue weighted by molar-refractivity contribution is -0.143. The normalized spacial score (nSPS) is 12.4. The minimum atomic E-state index is -0.513. The van der Waals surface area contributed by atoms with Crippen molar-refractivity contribution in [3.05, 3.63) is 84.4 Å². The molecule has 4 rings (SSSR count). The average molecular weight is 315 g/mol. The van der Waals surface area contributed by atoms with Crippen molar-refractivity contribution < 1.29 is 9.53 Å². The van der Waals surface area contributed by atoms with Gasteiger partial charge in [-0.15, -0.1) is 0 Å². The van der Waals surface area contributed by atoms with Gasteiger partial charge in [0.05, 0.1) is 18.1 Å². The number of aromatic nitrogens is 1. The molecular weight excluding hydrogens is 298 g/mol. The zero-order valence-electron chi connectivity index (χ0n) is 13.3. The van der Waals surface area contributed by atoms with Gasteiger partial charge in [0.1, 0.15) is 0 Å². The van der Waals surface area contributed by atoms with Crippen molar-refractivity contribution in [1.82, 2.24) is 4.57 Å². The molecule has 0 fully saturated rings. The molecule has 0 saturated heterocycles. The summed E-state index contributed by atoms with van der Waals surface area (Å²) in [4.78, 5) is 12.7. The molecule has 0 saturated carbocycles. The summed E-state index contributed by atoms with van der Waals surface area (Å²) in [5.41, 5.74) is 2.96. The van der Waals surface area contributed by atoms with Crippen LogP contribution < -0.4 is 0 Å². The number of para-hydroxylation sites is 2. The van der Waals surface area contributed by atoms with E-state index in [1.807, 2.05) is 66.7 Å². The highest BCUT2D eigenvalue weighted by molar-refractivity contribution is 6.09. The number of hydrogen-bond donors (Lipinski definition) is 0. The highest BCUT2D eigenvalue weighted by Crippen LogP contribution is 2.34. The van der Waals surface area contributed by atoms with Crippen molar-refractivity contribution >= 4 is 27.8 Å². The molecule has 0 radical (unpaired) electrons. The van der Waals surface area contributed by atoms with E-state index in [0.717, 1.165) is 27.4 Å². The minimum Gasteiger partial charge on any atom is -0.467 e. The van der Waals surface area contributed by atoms with Gasteiger partial charge >= 0.3 is 5.97 Å². The van der Waals surface area contributed by atoms with Crippen LogP contribution in [0.4, 0.5) is 0 Å². The highest BCUT2D eigenvalue weighted by atomic mass is 16.5. The molecule has 1 heterocycles. The Bertz CT molecular complexity index is 965. The maximum Gasteiger partial charge on any atom is 0.333 e. The molecule has 1 atom stereocenters. The van der Waals surface area contributed by atoms with Crippen LogP contribution in [-0.4, -0.2) is 17.6 Å². The number of methoxy groups -OCH3 is 1. The Morgan fingerprint density at radius 3 is 1.83 bits per heavy atom. The minimum absolute atomic E-state index is 0.271. The number of carbonyl (C=O) groups is 1. The first-order valence-electron chi connectivity index (χ1n) is 7.91. The fourth-order valence-corrected chi connectivity index (χ4v) is 3.37. The van der Waals surface area contributed by atoms with Gasteiger partial charge in [0.2, 0.25) is 0 Å². The number of esters is 1. The third kappa shape index (κ3) is 2.17. The molecule has 0 aliphatic heterocycles. The molecule has 4 aromatic rings. The standard InChI is InChI=1S/C21H17NO2/c1-24-21(23)20(15-9-3-2-4-10-15)22-18-13-7-5-11-16(18)17-12-6-8-14-19(17)22/h2-14,20H,1H3. The van der Waals surface area contributed by atoms with Gasteiger partial charge in [-0.25, -0.2) is 4.79 Å². The average Bonchev–Trinajstić information content (AvgIpc) is 2.98. The van der Waals surface area contributed by atoms with Gasteiger partial charge in [0.25, 0.3) is 0 Å². The van der Waals surface area contributed by atoms with Crippen LogP contribution in [0, 0.1) is 0 Å². The first-order chi connectivity index (χ1) is 11.8. The monoisotopic (exact) mass is 315 g/mol. The summed E-state index contributed by atoms with van der Waals surface area (Å²) < 4.78 is 7.20. The second-order valence-electron chi connectivity index (χ2n) is 5.74. The maximum atomic E-state index is 12.7. The molecule has 24 heavy (non-hydrogen) atoms. The summed E-state index contributed by atoms with van der Waals surface area (Å²) in [7, 11) is 1.44. The van der Waals surface area contributed by atoms with Crippen LogP contribution in [0.3, 0.4) is 0 Å². The molecule has 0 aliphatic carbocycles. The third-order valence-corrected chi connectivity index (χ3v) is 4.42. The Balaban J connectivity index is 2.10. The molecule has 0 N–H and O–H groups in total. The Morgan fingerprint density at radius 2 is 1.29 bits per heavy atom. The molecule has 3 nitrogen and oxygen atoms in total. The number of ether oxygens (including phenoxy) is 1.